The molecule has 134 valence electrons. The molecule has 1 heterocycles. The van der Waals surface area contributed by atoms with Gasteiger partial charge >= 0.3 is 0 Å². The molecule has 0 aliphatic heterocycles. The lowest BCUT2D eigenvalue weighted by molar-refractivity contribution is 0.102. The minimum absolute atomic E-state index is 0.185. The topological polar surface area (TPSA) is 67.0 Å². The molecule has 0 aliphatic rings. The number of amides is 1. The average molecular weight is 357 g/mol. The summed E-state index contributed by atoms with van der Waals surface area (Å²) in [6.45, 7) is 1.99. The number of methoxy groups -OCH3 is 1. The van der Waals surface area contributed by atoms with Crippen LogP contribution in [-0.2, 0) is 0 Å². The number of aromatic amines is 1. The van der Waals surface area contributed by atoms with Crippen LogP contribution in [0.1, 0.15) is 15.9 Å². The highest BCUT2D eigenvalue weighted by atomic mass is 16.5. The van der Waals surface area contributed by atoms with Gasteiger partial charge in [-0.15, -0.1) is 0 Å². The third-order valence-corrected chi connectivity index (χ3v) is 4.42. The van der Waals surface area contributed by atoms with E-state index in [1.807, 2.05) is 61.5 Å². The van der Waals surface area contributed by atoms with Crippen LogP contribution in [0.25, 0.3) is 22.4 Å². The van der Waals surface area contributed by atoms with Crippen molar-refractivity contribution in [3.8, 4) is 17.1 Å². The van der Waals surface area contributed by atoms with Crippen molar-refractivity contribution in [2.75, 3.05) is 12.4 Å². The number of H-pyrrole nitrogens is 1. The number of benzene rings is 3. The number of carbonyl (C=O) groups is 1. The van der Waals surface area contributed by atoms with Gasteiger partial charge in [-0.1, -0.05) is 29.8 Å². The molecule has 0 saturated carbocycles. The maximum Gasteiger partial charge on any atom is 0.255 e. The van der Waals surface area contributed by atoms with E-state index in [-0.39, 0.29) is 5.91 Å². The molecule has 2 N–H and O–H groups in total. The number of para-hydroxylation sites is 2. The summed E-state index contributed by atoms with van der Waals surface area (Å²) in [6, 6.07) is 20.9. The van der Waals surface area contributed by atoms with Crippen LogP contribution in [0, 0.1) is 6.92 Å². The van der Waals surface area contributed by atoms with Crippen LogP contribution in [-0.4, -0.2) is 23.0 Å². The zero-order valence-electron chi connectivity index (χ0n) is 15.1. The highest BCUT2D eigenvalue weighted by Crippen LogP contribution is 2.30. The van der Waals surface area contributed by atoms with Crippen molar-refractivity contribution in [2.24, 2.45) is 0 Å². The monoisotopic (exact) mass is 357 g/mol. The molecule has 1 amide bonds. The number of carbonyl (C=O) groups excluding carboxylic acids is 1. The first-order valence-electron chi connectivity index (χ1n) is 8.65. The van der Waals surface area contributed by atoms with Crippen molar-refractivity contribution < 1.29 is 9.53 Å². The standard InChI is InChI=1S/C22H19N3O2/c1-14-7-9-15(10-8-14)22(26)25-19-13-16(11-12-20(19)27-2)21-23-17-5-3-4-6-18(17)24-21/h3-13H,1-2H3,(H,23,24)(H,25,26). The summed E-state index contributed by atoms with van der Waals surface area (Å²) in [7, 11) is 1.58. The Bertz CT molecular complexity index is 1080. The van der Waals surface area contributed by atoms with Crippen LogP contribution in [0.3, 0.4) is 0 Å². The van der Waals surface area contributed by atoms with Gasteiger partial charge in [-0.3, -0.25) is 4.79 Å². The second kappa shape index (κ2) is 6.96. The van der Waals surface area contributed by atoms with E-state index in [1.165, 1.54) is 0 Å². The number of aromatic nitrogens is 2. The summed E-state index contributed by atoms with van der Waals surface area (Å²) in [5.74, 6) is 1.15. The fourth-order valence-electron chi connectivity index (χ4n) is 2.94. The molecule has 4 rings (SSSR count). The first-order chi connectivity index (χ1) is 13.1. The predicted molar refractivity (Wildman–Crippen MR) is 107 cm³/mol. The highest BCUT2D eigenvalue weighted by molar-refractivity contribution is 6.05. The number of anilines is 1. The Balaban J connectivity index is 1.68. The van der Waals surface area contributed by atoms with Crippen molar-refractivity contribution in [3.63, 3.8) is 0 Å². The Morgan fingerprint density at radius 3 is 2.56 bits per heavy atom. The first-order valence-corrected chi connectivity index (χ1v) is 8.65. The predicted octanol–water partition coefficient (Wildman–Crippen LogP) is 4.80. The van der Waals surface area contributed by atoms with Crippen LogP contribution in [0.2, 0.25) is 0 Å². The van der Waals surface area contributed by atoms with Crippen LogP contribution >= 0.6 is 0 Å². The summed E-state index contributed by atoms with van der Waals surface area (Å²) >= 11 is 0. The van der Waals surface area contributed by atoms with Gasteiger partial charge in [0.1, 0.15) is 11.6 Å². The quantitative estimate of drug-likeness (QED) is 0.551. The first kappa shape index (κ1) is 16.8. The minimum Gasteiger partial charge on any atom is -0.495 e. The number of rotatable bonds is 4. The molecule has 0 saturated heterocycles. The van der Waals surface area contributed by atoms with E-state index in [0.29, 0.717) is 17.0 Å². The van der Waals surface area contributed by atoms with Crippen molar-refractivity contribution in [1.29, 1.82) is 0 Å². The van der Waals surface area contributed by atoms with Gasteiger partial charge in [-0.05, 0) is 49.4 Å². The normalized spacial score (nSPS) is 10.7. The molecule has 1 aromatic heterocycles. The van der Waals surface area contributed by atoms with Crippen LogP contribution < -0.4 is 10.1 Å². The van der Waals surface area contributed by atoms with Gasteiger partial charge in [-0.25, -0.2) is 4.98 Å². The average Bonchev–Trinajstić information content (AvgIpc) is 3.12. The van der Waals surface area contributed by atoms with E-state index in [0.717, 1.165) is 28.0 Å². The maximum absolute atomic E-state index is 12.6. The molecule has 5 nitrogen and oxygen atoms in total. The lowest BCUT2D eigenvalue weighted by Gasteiger charge is -2.12. The molecule has 4 aromatic rings. The lowest BCUT2D eigenvalue weighted by Crippen LogP contribution is -2.12. The number of aryl methyl sites for hydroxylation is 1. The van der Waals surface area contributed by atoms with Crippen molar-refractivity contribution in [1.82, 2.24) is 9.97 Å². The SMILES string of the molecule is COc1ccc(-c2nc3ccccc3[nH]2)cc1NC(=O)c1ccc(C)cc1. The zero-order chi connectivity index (χ0) is 18.8. The molecule has 0 unspecified atom stereocenters. The van der Waals surface area contributed by atoms with Crippen molar-refractivity contribution in [2.45, 2.75) is 6.92 Å². The Labute approximate surface area is 157 Å². The summed E-state index contributed by atoms with van der Waals surface area (Å²) in [6.07, 6.45) is 0. The summed E-state index contributed by atoms with van der Waals surface area (Å²) in [4.78, 5) is 20.5. The van der Waals surface area contributed by atoms with E-state index in [1.54, 1.807) is 19.2 Å². The number of hydrogen-bond donors (Lipinski definition) is 2. The van der Waals surface area contributed by atoms with E-state index < -0.39 is 0 Å². The molecular formula is C22H19N3O2. The summed E-state index contributed by atoms with van der Waals surface area (Å²) in [5, 5.41) is 2.94. The van der Waals surface area contributed by atoms with Crippen LogP contribution in [0.4, 0.5) is 5.69 Å². The fourth-order valence-corrected chi connectivity index (χ4v) is 2.94. The van der Waals surface area contributed by atoms with Gasteiger partial charge in [0.25, 0.3) is 5.91 Å². The minimum atomic E-state index is -0.185. The Hall–Kier alpha value is -3.60. The maximum atomic E-state index is 12.6. The van der Waals surface area contributed by atoms with Gasteiger partial charge in [0.15, 0.2) is 0 Å². The highest BCUT2D eigenvalue weighted by Gasteiger charge is 2.13. The van der Waals surface area contributed by atoms with E-state index in [2.05, 4.69) is 15.3 Å². The number of nitrogens with one attached hydrogen (secondary N) is 2. The molecular weight excluding hydrogens is 338 g/mol. The second-order valence-corrected chi connectivity index (χ2v) is 6.34. The van der Waals surface area contributed by atoms with Gasteiger partial charge in [0.2, 0.25) is 0 Å². The van der Waals surface area contributed by atoms with E-state index in [4.69, 9.17) is 4.74 Å². The zero-order valence-corrected chi connectivity index (χ0v) is 15.1. The number of ether oxygens (including phenoxy) is 1. The van der Waals surface area contributed by atoms with Crippen LogP contribution in [0.5, 0.6) is 5.75 Å². The number of fused-ring (bicyclic) bond motifs is 1. The largest absolute Gasteiger partial charge is 0.495 e. The Morgan fingerprint density at radius 2 is 1.81 bits per heavy atom. The molecule has 0 spiro atoms. The fraction of sp³-hybridized carbons (Fsp3) is 0.0909. The van der Waals surface area contributed by atoms with Crippen molar-refractivity contribution >= 4 is 22.6 Å². The molecule has 0 radical (unpaired) electrons. The third kappa shape index (κ3) is 3.40. The van der Waals surface area contributed by atoms with Gasteiger partial charge in [0.05, 0.1) is 23.8 Å². The molecule has 3 aromatic carbocycles. The second-order valence-electron chi connectivity index (χ2n) is 6.34. The molecule has 0 aliphatic carbocycles. The third-order valence-electron chi connectivity index (χ3n) is 4.42. The molecule has 0 bridgehead atoms. The number of hydrogen-bond acceptors (Lipinski definition) is 3. The number of imidazole rings is 1. The van der Waals surface area contributed by atoms with Gasteiger partial charge < -0.3 is 15.0 Å². The molecule has 27 heavy (non-hydrogen) atoms. The van der Waals surface area contributed by atoms with E-state index in [9.17, 15) is 4.79 Å². The molecule has 0 fully saturated rings. The lowest BCUT2D eigenvalue weighted by atomic mass is 10.1. The molecule has 0 atom stereocenters. The van der Waals surface area contributed by atoms with E-state index >= 15 is 0 Å². The van der Waals surface area contributed by atoms with Crippen LogP contribution in [0.15, 0.2) is 66.7 Å². The Morgan fingerprint density at radius 1 is 1.04 bits per heavy atom. The Kier molecular flexibility index (Phi) is 4.34. The van der Waals surface area contributed by atoms with Gasteiger partial charge in [-0.2, -0.15) is 0 Å². The number of nitrogens with zero attached hydrogens (tertiary/aromatic N) is 1. The smallest absolute Gasteiger partial charge is 0.255 e. The van der Waals surface area contributed by atoms with Gasteiger partial charge in [0, 0.05) is 11.1 Å². The van der Waals surface area contributed by atoms with Crippen molar-refractivity contribution in [3.05, 3.63) is 77.9 Å². The molecule has 5 heteroatoms. The summed E-state index contributed by atoms with van der Waals surface area (Å²) < 4.78 is 5.41. The summed E-state index contributed by atoms with van der Waals surface area (Å²) in [5.41, 5.74) is 5.03.